The molecule has 1 aliphatic carbocycles. The predicted octanol–water partition coefficient (Wildman–Crippen LogP) is 0.363. The van der Waals surface area contributed by atoms with Crippen molar-refractivity contribution < 1.29 is 9.59 Å². The first-order valence-corrected chi connectivity index (χ1v) is 6.07. The van der Waals surface area contributed by atoms with Gasteiger partial charge in [0, 0.05) is 13.1 Å². The van der Waals surface area contributed by atoms with Gasteiger partial charge in [-0.05, 0) is 12.8 Å². The molecule has 6 N–H and O–H groups in total. The topological polar surface area (TPSA) is 110 Å². The van der Waals surface area contributed by atoms with E-state index in [9.17, 15) is 9.59 Å². The SMILES string of the molecule is CNC(=O)c1sc(NC2CC2)c(C(N)=O)c1N. The van der Waals surface area contributed by atoms with Crippen LogP contribution in [0.15, 0.2) is 0 Å². The minimum Gasteiger partial charge on any atom is -0.397 e. The molecule has 2 amide bonds. The summed E-state index contributed by atoms with van der Waals surface area (Å²) >= 11 is 1.17. The second kappa shape index (κ2) is 4.25. The molecule has 0 bridgehead atoms. The van der Waals surface area contributed by atoms with E-state index in [4.69, 9.17) is 11.5 Å². The van der Waals surface area contributed by atoms with E-state index in [-0.39, 0.29) is 17.2 Å². The third-order valence-electron chi connectivity index (χ3n) is 2.54. The molecule has 6 nitrogen and oxygen atoms in total. The van der Waals surface area contributed by atoms with Crippen LogP contribution in [0, 0.1) is 0 Å². The summed E-state index contributed by atoms with van der Waals surface area (Å²) in [4.78, 5) is 23.2. The Bertz CT molecular complexity index is 479. The van der Waals surface area contributed by atoms with Gasteiger partial charge in [-0.1, -0.05) is 0 Å². The lowest BCUT2D eigenvalue weighted by molar-refractivity contribution is 0.0967. The first-order chi connectivity index (χ1) is 8.04. The van der Waals surface area contributed by atoms with Gasteiger partial charge in [0.2, 0.25) is 0 Å². The average molecular weight is 254 g/mol. The fourth-order valence-corrected chi connectivity index (χ4v) is 2.63. The standard InChI is InChI=1S/C10H14N4O2S/c1-13-9(16)7-6(11)5(8(12)15)10(17-7)14-4-2-3-4/h4,14H,2-3,11H2,1H3,(H2,12,15)(H,13,16). The Morgan fingerprint density at radius 3 is 2.53 bits per heavy atom. The maximum atomic E-state index is 11.6. The van der Waals surface area contributed by atoms with Gasteiger partial charge in [-0.3, -0.25) is 9.59 Å². The zero-order valence-electron chi connectivity index (χ0n) is 9.37. The number of amides is 2. The van der Waals surface area contributed by atoms with Crippen LogP contribution < -0.4 is 22.1 Å². The number of carbonyl (C=O) groups is 2. The highest BCUT2D eigenvalue weighted by Gasteiger charge is 2.28. The molecule has 0 aromatic carbocycles. The molecule has 1 saturated carbocycles. The van der Waals surface area contributed by atoms with E-state index in [0.717, 1.165) is 12.8 Å². The third kappa shape index (κ3) is 2.19. The molecule has 1 fully saturated rings. The summed E-state index contributed by atoms with van der Waals surface area (Å²) in [5.74, 6) is -0.920. The summed E-state index contributed by atoms with van der Waals surface area (Å²) < 4.78 is 0. The largest absolute Gasteiger partial charge is 0.397 e. The Morgan fingerprint density at radius 1 is 1.41 bits per heavy atom. The summed E-state index contributed by atoms with van der Waals surface area (Å²) in [6.45, 7) is 0. The Kier molecular flexibility index (Phi) is 2.93. The van der Waals surface area contributed by atoms with Crippen molar-refractivity contribution in [2.45, 2.75) is 18.9 Å². The monoisotopic (exact) mass is 254 g/mol. The summed E-state index contributed by atoms with van der Waals surface area (Å²) in [6.07, 6.45) is 2.12. The lowest BCUT2D eigenvalue weighted by atomic mass is 10.2. The summed E-state index contributed by atoms with van der Waals surface area (Å²) in [5.41, 5.74) is 11.4. The zero-order chi connectivity index (χ0) is 12.6. The molecule has 0 radical (unpaired) electrons. The van der Waals surface area contributed by atoms with E-state index in [2.05, 4.69) is 10.6 Å². The van der Waals surface area contributed by atoms with Crippen LogP contribution in [0.3, 0.4) is 0 Å². The van der Waals surface area contributed by atoms with Gasteiger partial charge in [0.1, 0.15) is 9.88 Å². The number of carbonyl (C=O) groups excluding carboxylic acids is 2. The first kappa shape index (κ1) is 11.7. The quantitative estimate of drug-likeness (QED) is 0.622. The minimum atomic E-state index is -0.614. The van der Waals surface area contributed by atoms with Gasteiger partial charge in [-0.25, -0.2) is 0 Å². The summed E-state index contributed by atoms with van der Waals surface area (Å²) in [6, 6.07) is 0.365. The molecule has 0 spiro atoms. The van der Waals surface area contributed by atoms with Gasteiger partial charge < -0.3 is 22.1 Å². The second-order valence-corrected chi connectivity index (χ2v) is 4.93. The molecule has 1 aromatic rings. The third-order valence-corrected chi connectivity index (χ3v) is 3.67. The maximum Gasteiger partial charge on any atom is 0.263 e. The first-order valence-electron chi connectivity index (χ1n) is 5.25. The molecular weight excluding hydrogens is 240 g/mol. The van der Waals surface area contributed by atoms with E-state index in [1.54, 1.807) is 0 Å². The molecule has 0 saturated heterocycles. The van der Waals surface area contributed by atoms with Crippen molar-refractivity contribution in [3.05, 3.63) is 10.4 Å². The number of nitrogen functional groups attached to an aromatic ring is 1. The number of hydrogen-bond acceptors (Lipinski definition) is 5. The normalized spacial score (nSPS) is 14.4. The van der Waals surface area contributed by atoms with Gasteiger partial charge in [0.15, 0.2) is 0 Å². The maximum absolute atomic E-state index is 11.6. The lowest BCUT2D eigenvalue weighted by Crippen LogP contribution is -2.19. The van der Waals surface area contributed by atoms with Gasteiger partial charge in [-0.15, -0.1) is 11.3 Å². The van der Waals surface area contributed by atoms with Gasteiger partial charge in [-0.2, -0.15) is 0 Å². The van der Waals surface area contributed by atoms with Gasteiger partial charge in [0.25, 0.3) is 11.8 Å². The number of primary amides is 1. The van der Waals surface area contributed by atoms with Crippen molar-refractivity contribution in [2.24, 2.45) is 5.73 Å². The van der Waals surface area contributed by atoms with Crippen molar-refractivity contribution in [1.82, 2.24) is 5.32 Å². The molecule has 1 heterocycles. The summed E-state index contributed by atoms with van der Waals surface area (Å²) in [7, 11) is 1.51. The zero-order valence-corrected chi connectivity index (χ0v) is 10.2. The molecular formula is C10H14N4O2S. The Balaban J connectivity index is 2.41. The smallest absolute Gasteiger partial charge is 0.263 e. The fraction of sp³-hybridized carbons (Fsp3) is 0.400. The van der Waals surface area contributed by atoms with Crippen molar-refractivity contribution in [3.63, 3.8) is 0 Å². The molecule has 1 aromatic heterocycles. The van der Waals surface area contributed by atoms with E-state index >= 15 is 0 Å². The number of anilines is 2. The van der Waals surface area contributed by atoms with Crippen LogP contribution in [0.25, 0.3) is 0 Å². The predicted molar refractivity (Wildman–Crippen MR) is 67.3 cm³/mol. The van der Waals surface area contributed by atoms with Crippen LogP contribution in [0.4, 0.5) is 10.7 Å². The van der Waals surface area contributed by atoms with Crippen LogP contribution in [0.1, 0.15) is 32.9 Å². The Morgan fingerprint density at radius 2 is 2.06 bits per heavy atom. The van der Waals surface area contributed by atoms with Crippen LogP contribution in [-0.4, -0.2) is 24.9 Å². The second-order valence-electron chi connectivity index (χ2n) is 3.91. The van der Waals surface area contributed by atoms with Gasteiger partial charge >= 0.3 is 0 Å². The van der Waals surface area contributed by atoms with E-state index < -0.39 is 5.91 Å². The number of rotatable bonds is 4. The molecule has 17 heavy (non-hydrogen) atoms. The van der Waals surface area contributed by atoms with Crippen molar-refractivity contribution in [3.8, 4) is 0 Å². The van der Waals surface area contributed by atoms with Crippen molar-refractivity contribution >= 4 is 33.8 Å². The van der Waals surface area contributed by atoms with E-state index in [0.29, 0.717) is 15.9 Å². The van der Waals surface area contributed by atoms with E-state index in [1.807, 2.05) is 0 Å². The molecule has 0 unspecified atom stereocenters. The van der Waals surface area contributed by atoms with Crippen LogP contribution in [-0.2, 0) is 0 Å². The summed E-state index contributed by atoms with van der Waals surface area (Å²) in [5, 5.41) is 6.24. The average Bonchev–Trinajstić information content (AvgIpc) is 3.01. The van der Waals surface area contributed by atoms with Crippen LogP contribution in [0.2, 0.25) is 0 Å². The van der Waals surface area contributed by atoms with E-state index in [1.165, 1.54) is 18.4 Å². The number of nitrogens with one attached hydrogen (secondary N) is 2. The number of nitrogens with two attached hydrogens (primary N) is 2. The van der Waals surface area contributed by atoms with Gasteiger partial charge in [0.05, 0.1) is 11.3 Å². The van der Waals surface area contributed by atoms with Crippen LogP contribution >= 0.6 is 11.3 Å². The van der Waals surface area contributed by atoms with Crippen molar-refractivity contribution in [2.75, 3.05) is 18.1 Å². The fourth-order valence-electron chi connectivity index (χ4n) is 1.49. The highest BCUT2D eigenvalue weighted by Crippen LogP contribution is 2.38. The molecule has 2 rings (SSSR count). The Hall–Kier alpha value is -1.76. The molecule has 0 aliphatic heterocycles. The minimum absolute atomic E-state index is 0.157. The molecule has 7 heteroatoms. The Labute approximate surface area is 102 Å². The molecule has 92 valence electrons. The number of hydrogen-bond donors (Lipinski definition) is 4. The molecule has 1 aliphatic rings. The molecule has 0 atom stereocenters. The highest BCUT2D eigenvalue weighted by molar-refractivity contribution is 7.19. The van der Waals surface area contributed by atoms with Crippen LogP contribution in [0.5, 0.6) is 0 Å². The number of thiophene rings is 1. The highest BCUT2D eigenvalue weighted by atomic mass is 32.1. The lowest BCUT2D eigenvalue weighted by Gasteiger charge is -2.02. The van der Waals surface area contributed by atoms with Crippen molar-refractivity contribution in [1.29, 1.82) is 0 Å².